The van der Waals surface area contributed by atoms with Crippen LogP contribution in [0.1, 0.15) is 28.2 Å². The van der Waals surface area contributed by atoms with Gasteiger partial charge in [0.15, 0.2) is 0 Å². The van der Waals surface area contributed by atoms with E-state index in [0.29, 0.717) is 5.82 Å². The second-order valence-electron chi connectivity index (χ2n) is 7.82. The van der Waals surface area contributed by atoms with Gasteiger partial charge in [0, 0.05) is 48.8 Å². The van der Waals surface area contributed by atoms with Crippen LogP contribution in [0.3, 0.4) is 0 Å². The van der Waals surface area contributed by atoms with Crippen LogP contribution in [-0.4, -0.2) is 26.0 Å². The van der Waals surface area contributed by atoms with Crippen molar-refractivity contribution in [3.05, 3.63) is 99.4 Å². The maximum absolute atomic E-state index is 12.2. The molecule has 0 aliphatic carbocycles. The van der Waals surface area contributed by atoms with Gasteiger partial charge in [-0.1, -0.05) is 48.5 Å². The number of benzene rings is 2. The van der Waals surface area contributed by atoms with Crippen molar-refractivity contribution < 1.29 is 0 Å². The topological polar surface area (TPSA) is 53.9 Å². The number of aryl methyl sites for hydroxylation is 1. The number of rotatable bonds is 4. The van der Waals surface area contributed by atoms with Crippen LogP contribution in [0.25, 0.3) is 10.9 Å². The number of fused-ring (bicyclic) bond motifs is 2. The molecule has 3 heterocycles. The average molecular weight is 384 g/mol. The lowest BCUT2D eigenvalue weighted by Crippen LogP contribution is -2.35. The largest absolute Gasteiger partial charge is 0.343 e. The number of nitrogens with one attached hydrogen (secondary N) is 1. The van der Waals surface area contributed by atoms with Crippen molar-refractivity contribution in [3.63, 3.8) is 0 Å². The molecule has 5 nitrogen and oxygen atoms in total. The Morgan fingerprint density at radius 2 is 1.83 bits per heavy atom. The van der Waals surface area contributed by atoms with Crippen molar-refractivity contribution in [2.75, 3.05) is 6.54 Å². The predicted molar refractivity (Wildman–Crippen MR) is 115 cm³/mol. The standard InChI is InChI=1S/C24H24N4O/c1-17-25-22-16-27(12-11-21(22)24(29)26-17)14-19-15-28(13-18-7-3-2-4-8-18)23-10-6-5-9-20(19)23/h2-10,15H,11-14,16H2,1H3,(H,25,26,29). The number of aromatic nitrogens is 3. The first-order chi connectivity index (χ1) is 14.2. The van der Waals surface area contributed by atoms with Gasteiger partial charge in [-0.3, -0.25) is 9.69 Å². The minimum atomic E-state index is 0.0200. The van der Waals surface area contributed by atoms with Crippen LogP contribution in [0.2, 0.25) is 0 Å². The maximum atomic E-state index is 12.2. The fourth-order valence-corrected chi connectivity index (χ4v) is 4.35. The number of H-pyrrole nitrogens is 1. The summed E-state index contributed by atoms with van der Waals surface area (Å²) in [5.41, 5.74) is 5.66. The Labute approximate surface area is 169 Å². The van der Waals surface area contributed by atoms with Crippen LogP contribution in [0.15, 0.2) is 65.6 Å². The number of hydrogen-bond acceptors (Lipinski definition) is 3. The summed E-state index contributed by atoms with van der Waals surface area (Å²) in [4.78, 5) is 22.0. The van der Waals surface area contributed by atoms with Crippen LogP contribution in [0.5, 0.6) is 0 Å². The van der Waals surface area contributed by atoms with Crippen molar-refractivity contribution in [2.45, 2.75) is 33.0 Å². The van der Waals surface area contributed by atoms with Gasteiger partial charge in [-0.25, -0.2) is 4.98 Å². The highest BCUT2D eigenvalue weighted by Crippen LogP contribution is 2.25. The molecule has 2 aromatic heterocycles. The fraction of sp³-hybridized carbons (Fsp3) is 0.250. The van der Waals surface area contributed by atoms with Gasteiger partial charge in [0.05, 0.1) is 5.69 Å². The van der Waals surface area contributed by atoms with Crippen LogP contribution in [0, 0.1) is 6.92 Å². The van der Waals surface area contributed by atoms with Crippen molar-refractivity contribution >= 4 is 10.9 Å². The lowest BCUT2D eigenvalue weighted by atomic mass is 10.1. The Balaban J connectivity index is 1.44. The molecular formula is C24H24N4O. The Bertz CT molecular complexity index is 1220. The molecule has 146 valence electrons. The highest BCUT2D eigenvalue weighted by atomic mass is 16.1. The van der Waals surface area contributed by atoms with Crippen LogP contribution >= 0.6 is 0 Å². The van der Waals surface area contributed by atoms with Crippen molar-refractivity contribution in [2.24, 2.45) is 0 Å². The second-order valence-corrected chi connectivity index (χ2v) is 7.82. The number of nitrogens with zero attached hydrogens (tertiary/aromatic N) is 3. The molecule has 1 aliphatic heterocycles. The van der Waals surface area contributed by atoms with E-state index in [-0.39, 0.29) is 5.56 Å². The molecule has 2 aromatic carbocycles. The zero-order valence-electron chi connectivity index (χ0n) is 16.6. The molecule has 1 N–H and O–H groups in total. The quantitative estimate of drug-likeness (QED) is 0.584. The lowest BCUT2D eigenvalue weighted by Gasteiger charge is -2.27. The summed E-state index contributed by atoms with van der Waals surface area (Å²) >= 11 is 0. The first-order valence-electron chi connectivity index (χ1n) is 10.1. The molecule has 0 bridgehead atoms. The van der Waals surface area contributed by atoms with Crippen molar-refractivity contribution in [3.8, 4) is 0 Å². The molecular weight excluding hydrogens is 360 g/mol. The SMILES string of the molecule is Cc1nc2c(c(=O)[nH]1)CCN(Cc1cn(Cc3ccccc3)c3ccccc13)C2. The summed E-state index contributed by atoms with van der Waals surface area (Å²) in [5, 5.41) is 1.30. The molecule has 4 aromatic rings. The summed E-state index contributed by atoms with van der Waals surface area (Å²) in [6, 6.07) is 19.2. The molecule has 0 saturated carbocycles. The number of hydrogen-bond donors (Lipinski definition) is 1. The van der Waals surface area contributed by atoms with E-state index in [2.05, 4.69) is 80.2 Å². The Kier molecular flexibility index (Phi) is 4.52. The van der Waals surface area contributed by atoms with E-state index in [0.717, 1.165) is 43.9 Å². The van der Waals surface area contributed by atoms with Crippen molar-refractivity contribution in [1.82, 2.24) is 19.4 Å². The monoisotopic (exact) mass is 384 g/mol. The molecule has 5 rings (SSSR count). The van der Waals surface area contributed by atoms with E-state index in [9.17, 15) is 4.79 Å². The first kappa shape index (κ1) is 17.9. The molecule has 0 unspecified atom stereocenters. The molecule has 29 heavy (non-hydrogen) atoms. The molecule has 0 radical (unpaired) electrons. The third-order valence-corrected chi connectivity index (χ3v) is 5.73. The second kappa shape index (κ2) is 7.33. The molecule has 0 amide bonds. The molecule has 0 atom stereocenters. The predicted octanol–water partition coefficient (Wildman–Crippen LogP) is 3.64. The van der Waals surface area contributed by atoms with Gasteiger partial charge >= 0.3 is 0 Å². The highest BCUT2D eigenvalue weighted by Gasteiger charge is 2.21. The van der Waals surface area contributed by atoms with Crippen molar-refractivity contribution in [1.29, 1.82) is 0 Å². The van der Waals surface area contributed by atoms with E-state index in [4.69, 9.17) is 0 Å². The summed E-state index contributed by atoms with van der Waals surface area (Å²) < 4.78 is 2.34. The van der Waals surface area contributed by atoms with E-state index < -0.39 is 0 Å². The van der Waals surface area contributed by atoms with Gasteiger partial charge in [0.25, 0.3) is 5.56 Å². The molecule has 1 aliphatic rings. The van der Waals surface area contributed by atoms with Gasteiger partial charge in [-0.15, -0.1) is 0 Å². The van der Waals surface area contributed by atoms with Gasteiger partial charge in [0.1, 0.15) is 5.82 Å². The molecule has 0 saturated heterocycles. The van der Waals surface area contributed by atoms with E-state index in [1.165, 1.54) is 22.0 Å². The summed E-state index contributed by atoms with van der Waals surface area (Å²) in [5.74, 6) is 0.690. The van der Waals surface area contributed by atoms with Gasteiger partial charge in [-0.05, 0) is 30.5 Å². The third kappa shape index (κ3) is 3.49. The van der Waals surface area contributed by atoms with E-state index in [1.54, 1.807) is 0 Å². The smallest absolute Gasteiger partial charge is 0.254 e. The zero-order valence-corrected chi connectivity index (χ0v) is 16.6. The Morgan fingerprint density at radius 1 is 1.03 bits per heavy atom. The first-order valence-corrected chi connectivity index (χ1v) is 10.1. The minimum Gasteiger partial charge on any atom is -0.343 e. The Morgan fingerprint density at radius 3 is 2.69 bits per heavy atom. The normalized spacial score (nSPS) is 14.2. The van der Waals surface area contributed by atoms with Crippen LogP contribution in [0.4, 0.5) is 0 Å². The Hall–Kier alpha value is -3.18. The molecule has 5 heteroatoms. The summed E-state index contributed by atoms with van der Waals surface area (Å²) in [6.45, 7) is 5.16. The summed E-state index contributed by atoms with van der Waals surface area (Å²) in [6.07, 6.45) is 3.03. The minimum absolute atomic E-state index is 0.0200. The highest BCUT2D eigenvalue weighted by molar-refractivity contribution is 5.84. The zero-order chi connectivity index (χ0) is 19.8. The lowest BCUT2D eigenvalue weighted by molar-refractivity contribution is 0.241. The van der Waals surface area contributed by atoms with Gasteiger partial charge < -0.3 is 9.55 Å². The van der Waals surface area contributed by atoms with Crippen LogP contribution in [-0.2, 0) is 26.1 Å². The molecule has 0 fully saturated rings. The number of aromatic amines is 1. The van der Waals surface area contributed by atoms with E-state index >= 15 is 0 Å². The maximum Gasteiger partial charge on any atom is 0.254 e. The summed E-state index contributed by atoms with van der Waals surface area (Å²) in [7, 11) is 0. The fourth-order valence-electron chi connectivity index (χ4n) is 4.35. The number of para-hydroxylation sites is 1. The van der Waals surface area contributed by atoms with Gasteiger partial charge in [0.2, 0.25) is 0 Å². The van der Waals surface area contributed by atoms with Gasteiger partial charge in [-0.2, -0.15) is 0 Å². The third-order valence-electron chi connectivity index (χ3n) is 5.73. The average Bonchev–Trinajstić information content (AvgIpc) is 3.06. The van der Waals surface area contributed by atoms with E-state index in [1.807, 2.05) is 6.92 Å². The molecule has 0 spiro atoms. The van der Waals surface area contributed by atoms with Crippen LogP contribution < -0.4 is 5.56 Å².